The van der Waals surface area contributed by atoms with Crippen LogP contribution in [0.1, 0.15) is 11.1 Å². The number of hydrogen-bond acceptors (Lipinski definition) is 4. The van der Waals surface area contributed by atoms with Crippen molar-refractivity contribution in [1.82, 2.24) is 4.31 Å². The Morgan fingerprint density at radius 1 is 1.15 bits per heavy atom. The molecular weight excluding hydrogens is 372 g/mol. The van der Waals surface area contributed by atoms with Crippen molar-refractivity contribution in [1.29, 1.82) is 0 Å². The molecule has 138 valence electrons. The van der Waals surface area contributed by atoms with Crippen LogP contribution in [0.25, 0.3) is 0 Å². The molecule has 0 radical (unpaired) electrons. The van der Waals surface area contributed by atoms with Gasteiger partial charge in [0.05, 0.1) is 10.9 Å². The lowest BCUT2D eigenvalue weighted by molar-refractivity contribution is 0.170. The third kappa shape index (κ3) is 4.13. The molecule has 0 aliphatic carbocycles. The van der Waals surface area contributed by atoms with Crippen LogP contribution in [0.4, 0.5) is 4.79 Å². The molecule has 6 nitrogen and oxygen atoms in total. The largest absolute Gasteiger partial charge is 0.447 e. The molecule has 1 amide bonds. The van der Waals surface area contributed by atoms with Crippen LogP contribution in [-0.4, -0.2) is 37.7 Å². The third-order valence-electron chi connectivity index (χ3n) is 4.03. The Kier molecular flexibility index (Phi) is 5.43. The fraction of sp³-hybridized carbons (Fsp3) is 0.278. The average Bonchev–Trinajstić information content (AvgIpc) is 2.96. The number of nitrogens with zero attached hydrogens (tertiary/aromatic N) is 2. The molecule has 0 aromatic heterocycles. The summed E-state index contributed by atoms with van der Waals surface area (Å²) in [5.74, 6) is 0. The Morgan fingerprint density at radius 3 is 2.46 bits per heavy atom. The molecule has 1 saturated heterocycles. The second-order valence-electron chi connectivity index (χ2n) is 6.06. The highest BCUT2D eigenvalue weighted by Gasteiger charge is 2.35. The zero-order valence-electron chi connectivity index (χ0n) is 14.5. The van der Waals surface area contributed by atoms with E-state index in [1.807, 2.05) is 37.3 Å². The lowest BCUT2D eigenvalue weighted by Crippen LogP contribution is -2.36. The predicted octanol–water partition coefficient (Wildman–Crippen LogP) is 3.09. The summed E-state index contributed by atoms with van der Waals surface area (Å²) in [4.78, 5) is 12.3. The monoisotopic (exact) mass is 392 g/mol. The van der Waals surface area contributed by atoms with Gasteiger partial charge in [-0.05, 0) is 31.0 Å². The van der Waals surface area contributed by atoms with Crippen molar-refractivity contribution in [3.63, 3.8) is 0 Å². The maximum atomic E-state index is 12.5. The summed E-state index contributed by atoms with van der Waals surface area (Å²) in [5.41, 5.74) is 2.02. The predicted molar refractivity (Wildman–Crippen MR) is 101 cm³/mol. The molecule has 2 atom stereocenters. The van der Waals surface area contributed by atoms with E-state index in [1.54, 1.807) is 18.4 Å². The first-order chi connectivity index (χ1) is 12.4. The van der Waals surface area contributed by atoms with Crippen molar-refractivity contribution in [3.8, 4) is 0 Å². The van der Waals surface area contributed by atoms with Gasteiger partial charge in [-0.15, -0.1) is 3.77 Å². The molecule has 3 rings (SSSR count). The van der Waals surface area contributed by atoms with Crippen LogP contribution < -0.4 is 0 Å². The summed E-state index contributed by atoms with van der Waals surface area (Å²) >= 11 is 0. The van der Waals surface area contributed by atoms with Crippen LogP contribution >= 0.6 is 0 Å². The maximum Gasteiger partial charge on any atom is 0.421 e. The zero-order valence-corrected chi connectivity index (χ0v) is 16.2. The quantitative estimate of drug-likeness (QED) is 0.783. The highest BCUT2D eigenvalue weighted by atomic mass is 32.3. The van der Waals surface area contributed by atoms with Crippen molar-refractivity contribution in [2.24, 2.45) is 3.77 Å². The minimum absolute atomic E-state index is 0.120. The van der Waals surface area contributed by atoms with Crippen molar-refractivity contribution >= 4 is 27.0 Å². The molecule has 0 N–H and O–H groups in total. The highest BCUT2D eigenvalue weighted by molar-refractivity contribution is 7.99. The second-order valence-corrected chi connectivity index (χ2v) is 9.36. The number of benzene rings is 2. The van der Waals surface area contributed by atoms with Crippen molar-refractivity contribution in [3.05, 3.63) is 65.7 Å². The summed E-state index contributed by atoms with van der Waals surface area (Å²) in [7, 11) is -5.00. The van der Waals surface area contributed by atoms with Crippen LogP contribution in [0.5, 0.6) is 0 Å². The van der Waals surface area contributed by atoms with E-state index in [9.17, 15) is 13.2 Å². The van der Waals surface area contributed by atoms with E-state index in [-0.39, 0.29) is 17.5 Å². The van der Waals surface area contributed by atoms with Gasteiger partial charge < -0.3 is 4.74 Å². The summed E-state index contributed by atoms with van der Waals surface area (Å²) < 4.78 is 35.6. The summed E-state index contributed by atoms with van der Waals surface area (Å²) in [5, 5.41) is 0. The van der Waals surface area contributed by atoms with E-state index in [2.05, 4.69) is 3.77 Å². The number of hydrogen-bond donors (Lipinski definition) is 0. The summed E-state index contributed by atoms with van der Waals surface area (Å²) in [6.07, 6.45) is 1.68. The third-order valence-corrected chi connectivity index (χ3v) is 7.57. The standard InChI is InChI=1S/C18H20N2O4S2/c1-14-8-10-17(11-9-14)26(22,23)19-25(2)20-16(13-24-18(20)21)12-15-6-4-3-5-7-15/h3-11,16H,12-13H2,1-2H3/t16-,25+/m0/s1. The molecule has 0 bridgehead atoms. The first kappa shape index (κ1) is 18.6. The van der Waals surface area contributed by atoms with Gasteiger partial charge in [-0.1, -0.05) is 48.0 Å². The zero-order chi connectivity index (χ0) is 18.7. The van der Waals surface area contributed by atoms with Gasteiger partial charge in [0.2, 0.25) is 0 Å². The number of sulfonamides is 1. The van der Waals surface area contributed by atoms with Crippen LogP contribution in [-0.2, 0) is 32.1 Å². The molecule has 1 aliphatic rings. The van der Waals surface area contributed by atoms with Crippen LogP contribution in [0, 0.1) is 6.92 Å². The van der Waals surface area contributed by atoms with E-state index >= 15 is 0 Å². The SMILES string of the molecule is Cc1ccc(S(=O)(=O)/N=[S@@](/C)N2C(=O)OC[C@@H]2Cc2ccccc2)cc1. The van der Waals surface area contributed by atoms with Crippen LogP contribution in [0.15, 0.2) is 63.3 Å². The lowest BCUT2D eigenvalue weighted by Gasteiger charge is -2.21. The maximum absolute atomic E-state index is 12.5. The van der Waals surface area contributed by atoms with E-state index in [1.165, 1.54) is 16.4 Å². The average molecular weight is 393 g/mol. The van der Waals surface area contributed by atoms with Crippen LogP contribution in [0.2, 0.25) is 0 Å². The first-order valence-electron chi connectivity index (χ1n) is 8.07. The van der Waals surface area contributed by atoms with E-state index < -0.39 is 27.0 Å². The molecule has 1 fully saturated rings. The minimum atomic E-state index is -3.85. The molecule has 0 saturated carbocycles. The second kappa shape index (κ2) is 7.59. The molecular formula is C18H20N2O4S2. The van der Waals surface area contributed by atoms with Crippen molar-refractivity contribution in [2.75, 3.05) is 12.9 Å². The highest BCUT2D eigenvalue weighted by Crippen LogP contribution is 2.22. The Bertz CT molecular complexity index is 925. The van der Waals surface area contributed by atoms with Crippen molar-refractivity contribution < 1.29 is 17.9 Å². The molecule has 2 aromatic carbocycles. The molecule has 26 heavy (non-hydrogen) atoms. The van der Waals surface area contributed by atoms with Gasteiger partial charge in [0.15, 0.2) is 0 Å². The van der Waals surface area contributed by atoms with Crippen molar-refractivity contribution in [2.45, 2.75) is 24.3 Å². The molecule has 1 heterocycles. The number of aryl methyl sites for hydroxylation is 1. The Labute approximate surface area is 156 Å². The Hall–Kier alpha value is -2.19. The van der Waals surface area contributed by atoms with Gasteiger partial charge in [0.25, 0.3) is 10.0 Å². The van der Waals surface area contributed by atoms with Crippen LogP contribution in [0.3, 0.4) is 0 Å². The molecule has 1 aliphatic heterocycles. The Balaban J connectivity index is 1.85. The number of ether oxygens (including phenoxy) is 1. The van der Waals surface area contributed by atoms with Gasteiger partial charge >= 0.3 is 6.09 Å². The fourth-order valence-corrected chi connectivity index (χ4v) is 5.81. The first-order valence-corrected chi connectivity index (χ1v) is 11.1. The number of rotatable bonds is 5. The lowest BCUT2D eigenvalue weighted by atomic mass is 10.1. The summed E-state index contributed by atoms with van der Waals surface area (Å²) in [6, 6.07) is 16.0. The Morgan fingerprint density at radius 2 is 1.81 bits per heavy atom. The van der Waals surface area contributed by atoms with Gasteiger partial charge in [-0.2, -0.15) is 8.42 Å². The minimum Gasteiger partial charge on any atom is -0.447 e. The number of carbonyl (C=O) groups excluding carboxylic acids is 1. The van der Waals surface area contributed by atoms with E-state index in [4.69, 9.17) is 4.74 Å². The normalized spacial score (nSPS) is 18.8. The molecule has 2 aromatic rings. The number of cyclic esters (lactones) is 1. The van der Waals surface area contributed by atoms with Gasteiger partial charge in [0, 0.05) is 17.1 Å². The number of amides is 1. The van der Waals surface area contributed by atoms with E-state index in [0.29, 0.717) is 6.42 Å². The molecule has 0 spiro atoms. The molecule has 0 unspecified atom stereocenters. The topological polar surface area (TPSA) is 76.0 Å². The van der Waals surface area contributed by atoms with Gasteiger partial charge in [0.1, 0.15) is 6.61 Å². The fourth-order valence-electron chi connectivity index (χ4n) is 2.73. The summed E-state index contributed by atoms with van der Waals surface area (Å²) in [6.45, 7) is 2.11. The van der Waals surface area contributed by atoms with Gasteiger partial charge in [-0.25, -0.2) is 9.10 Å². The smallest absolute Gasteiger partial charge is 0.421 e. The molecule has 8 heteroatoms. The van der Waals surface area contributed by atoms with Gasteiger partial charge in [-0.3, -0.25) is 0 Å². The number of carbonyl (C=O) groups is 1. The van der Waals surface area contributed by atoms with E-state index in [0.717, 1.165) is 11.1 Å².